The standard InChI is InChI=1S/C4H9NO/c1-3-4(5)6-2/h3-4H,1,5H2,2H3. The molecule has 36 valence electrons. The van der Waals surface area contributed by atoms with Crippen molar-refractivity contribution in [3.8, 4) is 0 Å². The maximum atomic E-state index is 5.13. The van der Waals surface area contributed by atoms with Crippen LogP contribution in [-0.2, 0) is 4.74 Å². The zero-order chi connectivity index (χ0) is 4.99. The minimum absolute atomic E-state index is 0.301. The molecule has 0 aromatic rings. The van der Waals surface area contributed by atoms with E-state index in [0.717, 1.165) is 0 Å². The van der Waals surface area contributed by atoms with Gasteiger partial charge in [-0.05, 0) is 6.08 Å². The fraction of sp³-hybridized carbons (Fsp3) is 0.500. The second kappa shape index (κ2) is 2.87. The zero-order valence-electron chi connectivity index (χ0n) is 3.85. The Hall–Kier alpha value is -0.340. The van der Waals surface area contributed by atoms with Crippen molar-refractivity contribution in [1.82, 2.24) is 0 Å². The molecule has 0 aromatic carbocycles. The predicted molar refractivity (Wildman–Crippen MR) is 25.2 cm³/mol. The van der Waals surface area contributed by atoms with Crippen LogP contribution in [0.25, 0.3) is 0 Å². The lowest BCUT2D eigenvalue weighted by molar-refractivity contribution is 0.147. The molecule has 2 heteroatoms. The van der Waals surface area contributed by atoms with Crippen molar-refractivity contribution in [2.75, 3.05) is 7.11 Å². The lowest BCUT2D eigenvalue weighted by atomic mass is 10.6. The summed E-state index contributed by atoms with van der Waals surface area (Å²) in [5, 5.41) is 0. The first-order valence-electron chi connectivity index (χ1n) is 1.72. The van der Waals surface area contributed by atoms with E-state index < -0.39 is 0 Å². The third-order valence-corrected chi connectivity index (χ3v) is 0.504. The van der Waals surface area contributed by atoms with E-state index in [0.29, 0.717) is 0 Å². The summed E-state index contributed by atoms with van der Waals surface area (Å²) in [7, 11) is 1.53. The maximum absolute atomic E-state index is 5.13. The zero-order valence-corrected chi connectivity index (χ0v) is 3.85. The molecular weight excluding hydrogens is 78.0 g/mol. The highest BCUT2D eigenvalue weighted by Crippen LogP contribution is 1.73. The van der Waals surface area contributed by atoms with Gasteiger partial charge < -0.3 is 10.5 Å². The molecule has 0 aliphatic carbocycles. The molecule has 0 aliphatic heterocycles. The van der Waals surface area contributed by atoms with Crippen molar-refractivity contribution in [2.24, 2.45) is 5.73 Å². The number of rotatable bonds is 2. The van der Waals surface area contributed by atoms with Crippen LogP contribution in [0.4, 0.5) is 0 Å². The van der Waals surface area contributed by atoms with Gasteiger partial charge in [-0.2, -0.15) is 0 Å². The maximum Gasteiger partial charge on any atom is 0.124 e. The number of nitrogens with two attached hydrogens (primary N) is 1. The fourth-order valence-electron chi connectivity index (χ4n) is 0.0962. The van der Waals surface area contributed by atoms with Crippen molar-refractivity contribution < 1.29 is 4.74 Å². The molecule has 1 atom stereocenters. The van der Waals surface area contributed by atoms with Gasteiger partial charge in [-0.1, -0.05) is 6.58 Å². The van der Waals surface area contributed by atoms with E-state index in [4.69, 9.17) is 5.73 Å². The van der Waals surface area contributed by atoms with Crippen LogP contribution >= 0.6 is 0 Å². The Balaban J connectivity index is 2.96. The van der Waals surface area contributed by atoms with Gasteiger partial charge in [0, 0.05) is 7.11 Å². The summed E-state index contributed by atoms with van der Waals surface area (Å²) in [6.07, 6.45) is 1.23. The Morgan fingerprint density at radius 3 is 2.50 bits per heavy atom. The van der Waals surface area contributed by atoms with E-state index in [9.17, 15) is 0 Å². The summed E-state index contributed by atoms with van der Waals surface area (Å²) < 4.78 is 4.56. The minimum Gasteiger partial charge on any atom is -0.363 e. The van der Waals surface area contributed by atoms with Crippen molar-refractivity contribution in [1.29, 1.82) is 0 Å². The Kier molecular flexibility index (Phi) is 2.71. The van der Waals surface area contributed by atoms with E-state index in [-0.39, 0.29) is 6.23 Å². The summed E-state index contributed by atoms with van der Waals surface area (Å²) in [5.74, 6) is 0. The van der Waals surface area contributed by atoms with Crippen LogP contribution in [0.1, 0.15) is 0 Å². The highest BCUT2D eigenvalue weighted by atomic mass is 16.5. The summed E-state index contributed by atoms with van der Waals surface area (Å²) in [5.41, 5.74) is 5.13. The molecule has 6 heavy (non-hydrogen) atoms. The van der Waals surface area contributed by atoms with Gasteiger partial charge in [0.15, 0.2) is 0 Å². The largest absolute Gasteiger partial charge is 0.363 e. The monoisotopic (exact) mass is 87.1 g/mol. The molecule has 0 amide bonds. The SMILES string of the molecule is C=CC(N)OC. The van der Waals surface area contributed by atoms with Gasteiger partial charge in [-0.25, -0.2) is 0 Å². The molecule has 0 heterocycles. The molecule has 2 nitrogen and oxygen atoms in total. The first-order valence-corrected chi connectivity index (χ1v) is 1.72. The van der Waals surface area contributed by atoms with Gasteiger partial charge in [-0.3, -0.25) is 0 Å². The van der Waals surface area contributed by atoms with Gasteiger partial charge in [-0.15, -0.1) is 0 Å². The van der Waals surface area contributed by atoms with Crippen LogP contribution in [0.15, 0.2) is 12.7 Å². The van der Waals surface area contributed by atoms with Crippen molar-refractivity contribution in [3.63, 3.8) is 0 Å². The van der Waals surface area contributed by atoms with Crippen molar-refractivity contribution >= 4 is 0 Å². The number of ether oxygens (including phenoxy) is 1. The molecule has 2 N–H and O–H groups in total. The molecule has 0 bridgehead atoms. The third-order valence-electron chi connectivity index (χ3n) is 0.504. The van der Waals surface area contributed by atoms with Crippen LogP contribution in [0.5, 0.6) is 0 Å². The Morgan fingerprint density at radius 1 is 2.00 bits per heavy atom. The fourth-order valence-corrected chi connectivity index (χ4v) is 0.0962. The van der Waals surface area contributed by atoms with Crippen LogP contribution in [0.2, 0.25) is 0 Å². The highest BCUT2D eigenvalue weighted by molar-refractivity contribution is 4.72. The van der Waals surface area contributed by atoms with E-state index in [2.05, 4.69) is 11.3 Å². The van der Waals surface area contributed by atoms with Crippen LogP contribution in [-0.4, -0.2) is 13.3 Å². The number of methoxy groups -OCH3 is 1. The minimum atomic E-state index is -0.301. The second-order valence-electron chi connectivity index (χ2n) is 0.936. The molecule has 0 saturated carbocycles. The van der Waals surface area contributed by atoms with Crippen LogP contribution in [0.3, 0.4) is 0 Å². The van der Waals surface area contributed by atoms with Crippen molar-refractivity contribution in [3.05, 3.63) is 12.7 Å². The molecule has 0 aliphatic rings. The summed E-state index contributed by atoms with van der Waals surface area (Å²) >= 11 is 0. The lowest BCUT2D eigenvalue weighted by Gasteiger charge is -1.97. The van der Waals surface area contributed by atoms with Gasteiger partial charge in [0.25, 0.3) is 0 Å². The second-order valence-corrected chi connectivity index (χ2v) is 0.936. The molecular formula is C4H9NO. The van der Waals surface area contributed by atoms with Crippen LogP contribution in [0, 0.1) is 0 Å². The van der Waals surface area contributed by atoms with E-state index in [1.54, 1.807) is 0 Å². The molecule has 0 radical (unpaired) electrons. The molecule has 0 saturated heterocycles. The summed E-state index contributed by atoms with van der Waals surface area (Å²) in [6, 6.07) is 0. The molecule has 0 aromatic heterocycles. The number of hydrogen-bond donors (Lipinski definition) is 1. The topological polar surface area (TPSA) is 35.2 Å². The Morgan fingerprint density at radius 2 is 2.50 bits per heavy atom. The predicted octanol–water partition coefficient (Wildman–Crippen LogP) is 0.104. The quantitative estimate of drug-likeness (QED) is 0.383. The Bertz CT molecular complexity index is 44.8. The number of hydrogen-bond acceptors (Lipinski definition) is 2. The first kappa shape index (κ1) is 5.66. The first-order chi connectivity index (χ1) is 2.81. The highest BCUT2D eigenvalue weighted by Gasteiger charge is 1.83. The lowest BCUT2D eigenvalue weighted by Crippen LogP contribution is -2.17. The smallest absolute Gasteiger partial charge is 0.124 e. The average molecular weight is 87.1 g/mol. The molecule has 0 fully saturated rings. The molecule has 1 unspecified atom stereocenters. The van der Waals surface area contributed by atoms with Gasteiger partial charge in [0.2, 0.25) is 0 Å². The third kappa shape index (κ3) is 1.93. The van der Waals surface area contributed by atoms with Gasteiger partial charge in [0.1, 0.15) is 6.23 Å². The van der Waals surface area contributed by atoms with E-state index in [1.807, 2.05) is 0 Å². The van der Waals surface area contributed by atoms with E-state index >= 15 is 0 Å². The molecule has 0 spiro atoms. The van der Waals surface area contributed by atoms with Crippen molar-refractivity contribution in [2.45, 2.75) is 6.23 Å². The van der Waals surface area contributed by atoms with Gasteiger partial charge in [0.05, 0.1) is 0 Å². The average Bonchev–Trinajstić information content (AvgIpc) is 1.65. The van der Waals surface area contributed by atoms with E-state index in [1.165, 1.54) is 13.2 Å². The Labute approximate surface area is 37.6 Å². The summed E-state index contributed by atoms with van der Waals surface area (Å²) in [4.78, 5) is 0. The van der Waals surface area contributed by atoms with Crippen LogP contribution < -0.4 is 5.73 Å². The van der Waals surface area contributed by atoms with Gasteiger partial charge >= 0.3 is 0 Å². The summed E-state index contributed by atoms with van der Waals surface area (Å²) in [6.45, 7) is 3.38. The normalized spacial score (nSPS) is 13.7. The molecule has 0 rings (SSSR count).